The standard InChI is InChI=1S/C10H23N3O3S/c1-3-12-17(14,15)13(7-8-16-2)9-10-5-4-6-11-10/h10-12H,3-9H2,1-2H3. The maximum absolute atomic E-state index is 12.0. The van der Waals surface area contributed by atoms with Crippen LogP contribution >= 0.6 is 0 Å². The van der Waals surface area contributed by atoms with Crippen LogP contribution in [0.2, 0.25) is 0 Å². The zero-order valence-corrected chi connectivity index (χ0v) is 11.4. The molecule has 1 rings (SSSR count). The van der Waals surface area contributed by atoms with Gasteiger partial charge in [0.15, 0.2) is 0 Å². The summed E-state index contributed by atoms with van der Waals surface area (Å²) >= 11 is 0. The average molecular weight is 265 g/mol. The number of methoxy groups -OCH3 is 1. The topological polar surface area (TPSA) is 70.7 Å². The summed E-state index contributed by atoms with van der Waals surface area (Å²) in [5, 5.41) is 3.30. The smallest absolute Gasteiger partial charge is 0.279 e. The van der Waals surface area contributed by atoms with Gasteiger partial charge in [-0.05, 0) is 19.4 Å². The summed E-state index contributed by atoms with van der Waals surface area (Å²) in [7, 11) is -1.79. The highest BCUT2D eigenvalue weighted by molar-refractivity contribution is 7.87. The van der Waals surface area contributed by atoms with Gasteiger partial charge in [-0.2, -0.15) is 12.7 Å². The van der Waals surface area contributed by atoms with Crippen molar-refractivity contribution in [2.24, 2.45) is 0 Å². The van der Waals surface area contributed by atoms with Crippen molar-refractivity contribution in [3.05, 3.63) is 0 Å². The minimum atomic E-state index is -3.37. The second-order valence-corrected chi connectivity index (χ2v) is 5.90. The highest BCUT2D eigenvalue weighted by Crippen LogP contribution is 2.09. The molecule has 0 bridgehead atoms. The Bertz CT molecular complexity index is 302. The number of hydrogen-bond acceptors (Lipinski definition) is 4. The largest absolute Gasteiger partial charge is 0.383 e. The molecule has 0 aromatic carbocycles. The molecule has 0 radical (unpaired) electrons. The minimum Gasteiger partial charge on any atom is -0.383 e. The van der Waals surface area contributed by atoms with Crippen LogP contribution in [-0.2, 0) is 14.9 Å². The third-order valence-electron chi connectivity index (χ3n) is 2.80. The third-order valence-corrected chi connectivity index (χ3v) is 4.46. The van der Waals surface area contributed by atoms with Crippen LogP contribution in [0.5, 0.6) is 0 Å². The maximum atomic E-state index is 12.0. The first-order valence-corrected chi connectivity index (χ1v) is 7.51. The Morgan fingerprint density at radius 1 is 1.53 bits per heavy atom. The van der Waals surface area contributed by atoms with Crippen molar-refractivity contribution in [3.8, 4) is 0 Å². The van der Waals surface area contributed by atoms with E-state index >= 15 is 0 Å². The second kappa shape index (κ2) is 7.27. The van der Waals surface area contributed by atoms with Gasteiger partial charge in [0.1, 0.15) is 0 Å². The first-order valence-electron chi connectivity index (χ1n) is 6.07. The zero-order valence-electron chi connectivity index (χ0n) is 10.6. The molecule has 1 saturated heterocycles. The van der Waals surface area contributed by atoms with Gasteiger partial charge in [0.2, 0.25) is 0 Å². The van der Waals surface area contributed by atoms with Crippen LogP contribution in [-0.4, -0.2) is 58.7 Å². The quantitative estimate of drug-likeness (QED) is 0.623. The van der Waals surface area contributed by atoms with Gasteiger partial charge >= 0.3 is 0 Å². The fourth-order valence-electron chi connectivity index (χ4n) is 1.93. The van der Waals surface area contributed by atoms with Crippen molar-refractivity contribution in [2.45, 2.75) is 25.8 Å². The Labute approximate surface area is 104 Å². The van der Waals surface area contributed by atoms with Crippen molar-refractivity contribution in [1.29, 1.82) is 0 Å². The second-order valence-electron chi connectivity index (χ2n) is 4.15. The van der Waals surface area contributed by atoms with Crippen molar-refractivity contribution < 1.29 is 13.2 Å². The summed E-state index contributed by atoms with van der Waals surface area (Å²) in [4.78, 5) is 0. The number of ether oxygens (including phenoxy) is 1. The van der Waals surface area contributed by atoms with Crippen LogP contribution in [0.3, 0.4) is 0 Å². The van der Waals surface area contributed by atoms with Crippen LogP contribution in [0.25, 0.3) is 0 Å². The third kappa shape index (κ3) is 4.89. The Morgan fingerprint density at radius 2 is 2.29 bits per heavy atom. The molecule has 7 heteroatoms. The first-order chi connectivity index (χ1) is 8.10. The highest BCUT2D eigenvalue weighted by atomic mass is 32.2. The summed E-state index contributed by atoms with van der Waals surface area (Å²) in [6.07, 6.45) is 2.15. The molecule has 0 aliphatic carbocycles. The Morgan fingerprint density at radius 3 is 2.82 bits per heavy atom. The van der Waals surface area contributed by atoms with Gasteiger partial charge in [0.25, 0.3) is 10.2 Å². The molecule has 1 unspecified atom stereocenters. The Balaban J connectivity index is 2.58. The molecular formula is C10H23N3O3S. The molecule has 0 amide bonds. The Kier molecular flexibility index (Phi) is 6.35. The number of rotatable bonds is 8. The molecule has 2 N–H and O–H groups in total. The fourth-order valence-corrected chi connectivity index (χ4v) is 3.17. The number of nitrogens with one attached hydrogen (secondary N) is 2. The zero-order chi connectivity index (χ0) is 12.7. The van der Waals surface area contributed by atoms with E-state index in [1.54, 1.807) is 14.0 Å². The molecule has 6 nitrogen and oxygen atoms in total. The number of nitrogens with zero attached hydrogens (tertiary/aromatic N) is 1. The highest BCUT2D eigenvalue weighted by Gasteiger charge is 2.25. The van der Waals surface area contributed by atoms with Crippen molar-refractivity contribution >= 4 is 10.2 Å². The summed E-state index contributed by atoms with van der Waals surface area (Å²) < 4.78 is 32.8. The lowest BCUT2D eigenvalue weighted by Gasteiger charge is -2.24. The van der Waals surface area contributed by atoms with Gasteiger partial charge in [-0.15, -0.1) is 0 Å². The predicted octanol–water partition coefficient (Wildman–Crippen LogP) is -0.459. The maximum Gasteiger partial charge on any atom is 0.279 e. The molecule has 1 aliphatic heterocycles. The van der Waals surface area contributed by atoms with E-state index < -0.39 is 10.2 Å². The molecule has 0 aromatic rings. The van der Waals surface area contributed by atoms with Gasteiger partial charge in [-0.25, -0.2) is 4.72 Å². The van der Waals surface area contributed by atoms with E-state index in [0.29, 0.717) is 26.2 Å². The molecule has 0 aromatic heterocycles. The SMILES string of the molecule is CCNS(=O)(=O)N(CCOC)CC1CCCN1. The average Bonchev–Trinajstić information content (AvgIpc) is 2.76. The van der Waals surface area contributed by atoms with E-state index in [1.165, 1.54) is 4.31 Å². The molecular weight excluding hydrogens is 242 g/mol. The van der Waals surface area contributed by atoms with Gasteiger partial charge in [0, 0.05) is 32.8 Å². The Hall–Kier alpha value is -0.210. The lowest BCUT2D eigenvalue weighted by Crippen LogP contribution is -2.47. The monoisotopic (exact) mass is 265 g/mol. The van der Waals surface area contributed by atoms with E-state index in [1.807, 2.05) is 0 Å². The molecule has 102 valence electrons. The predicted molar refractivity (Wildman–Crippen MR) is 67.1 cm³/mol. The molecule has 17 heavy (non-hydrogen) atoms. The van der Waals surface area contributed by atoms with Crippen LogP contribution < -0.4 is 10.0 Å². The molecule has 1 atom stereocenters. The first kappa shape index (κ1) is 14.8. The van der Waals surface area contributed by atoms with Crippen LogP contribution in [0.1, 0.15) is 19.8 Å². The summed E-state index contributed by atoms with van der Waals surface area (Å²) in [5.41, 5.74) is 0. The van der Waals surface area contributed by atoms with E-state index in [-0.39, 0.29) is 6.04 Å². The van der Waals surface area contributed by atoms with Gasteiger partial charge < -0.3 is 10.1 Å². The lowest BCUT2D eigenvalue weighted by molar-refractivity contribution is 0.175. The van der Waals surface area contributed by atoms with Gasteiger partial charge in [0.05, 0.1) is 6.61 Å². The molecule has 0 spiro atoms. The van der Waals surface area contributed by atoms with E-state index in [9.17, 15) is 8.42 Å². The lowest BCUT2D eigenvalue weighted by atomic mass is 10.2. The van der Waals surface area contributed by atoms with E-state index in [4.69, 9.17) is 4.74 Å². The summed E-state index contributed by atoms with van der Waals surface area (Å²) in [6, 6.07) is 0.264. The molecule has 0 saturated carbocycles. The molecule has 1 aliphatic rings. The van der Waals surface area contributed by atoms with Crippen molar-refractivity contribution in [1.82, 2.24) is 14.3 Å². The van der Waals surface area contributed by atoms with Gasteiger partial charge in [-0.3, -0.25) is 0 Å². The van der Waals surface area contributed by atoms with E-state index in [2.05, 4.69) is 10.0 Å². The van der Waals surface area contributed by atoms with E-state index in [0.717, 1.165) is 19.4 Å². The fraction of sp³-hybridized carbons (Fsp3) is 1.00. The van der Waals surface area contributed by atoms with Crippen LogP contribution in [0, 0.1) is 0 Å². The summed E-state index contributed by atoms with van der Waals surface area (Å²) in [5.74, 6) is 0. The molecule has 1 fully saturated rings. The van der Waals surface area contributed by atoms with Crippen molar-refractivity contribution in [2.75, 3.05) is 39.9 Å². The number of hydrogen-bond donors (Lipinski definition) is 2. The normalized spacial score (nSPS) is 21.2. The molecule has 1 heterocycles. The van der Waals surface area contributed by atoms with Crippen LogP contribution in [0.15, 0.2) is 0 Å². The van der Waals surface area contributed by atoms with Crippen LogP contribution in [0.4, 0.5) is 0 Å². The van der Waals surface area contributed by atoms with Gasteiger partial charge in [-0.1, -0.05) is 6.92 Å². The minimum absolute atomic E-state index is 0.264. The summed E-state index contributed by atoms with van der Waals surface area (Å²) in [6.45, 7) is 4.48. The van der Waals surface area contributed by atoms with Crippen molar-refractivity contribution in [3.63, 3.8) is 0 Å².